The lowest BCUT2D eigenvalue weighted by atomic mass is 10.1. The number of hydrogen-bond donors (Lipinski definition) is 2. The molecule has 1 aromatic carbocycles. The molecule has 0 aliphatic rings. The first kappa shape index (κ1) is 15.3. The lowest BCUT2D eigenvalue weighted by Gasteiger charge is -2.12. The predicted octanol–water partition coefficient (Wildman–Crippen LogP) is 2.76. The quantitative estimate of drug-likeness (QED) is 0.819. The third kappa shape index (κ3) is 4.72. The summed E-state index contributed by atoms with van der Waals surface area (Å²) in [4.78, 5) is 10.7. The monoisotopic (exact) mass is 285 g/mol. The van der Waals surface area contributed by atoms with E-state index in [1.165, 1.54) is 5.56 Å². The smallest absolute Gasteiger partial charge is 0.135 e. The number of hydrogen-bond acceptors (Lipinski definition) is 5. The van der Waals surface area contributed by atoms with Gasteiger partial charge in [-0.3, -0.25) is 0 Å². The molecule has 0 unspecified atom stereocenters. The van der Waals surface area contributed by atoms with Crippen molar-refractivity contribution >= 4 is 17.3 Å². The van der Waals surface area contributed by atoms with E-state index in [0.29, 0.717) is 0 Å². The van der Waals surface area contributed by atoms with Crippen molar-refractivity contribution in [2.24, 2.45) is 0 Å². The number of anilines is 3. The SMILES string of the molecule is CCc1ccccc1Nc1cc(NCCN(C)C)ncn1. The van der Waals surface area contributed by atoms with E-state index in [2.05, 4.69) is 64.7 Å². The molecule has 112 valence electrons. The first-order valence-electron chi connectivity index (χ1n) is 7.24. The van der Waals surface area contributed by atoms with E-state index in [1.807, 2.05) is 12.1 Å². The highest BCUT2D eigenvalue weighted by atomic mass is 15.1. The summed E-state index contributed by atoms with van der Waals surface area (Å²) in [5.41, 5.74) is 2.37. The van der Waals surface area contributed by atoms with Crippen molar-refractivity contribution in [3.05, 3.63) is 42.2 Å². The molecule has 0 aliphatic heterocycles. The summed E-state index contributed by atoms with van der Waals surface area (Å²) >= 11 is 0. The second-order valence-electron chi connectivity index (χ2n) is 5.15. The van der Waals surface area contributed by atoms with Gasteiger partial charge in [-0.1, -0.05) is 25.1 Å². The first-order chi connectivity index (χ1) is 10.2. The Morgan fingerprint density at radius 2 is 1.86 bits per heavy atom. The molecule has 0 amide bonds. The summed E-state index contributed by atoms with van der Waals surface area (Å²) < 4.78 is 0. The standard InChI is InChI=1S/C16H23N5/c1-4-13-7-5-6-8-14(13)20-16-11-15(18-12-19-16)17-9-10-21(2)3/h5-8,11-12H,4,9-10H2,1-3H3,(H2,17,18,19,20). The van der Waals surface area contributed by atoms with Gasteiger partial charge in [0, 0.05) is 24.8 Å². The fourth-order valence-electron chi connectivity index (χ4n) is 2.02. The lowest BCUT2D eigenvalue weighted by molar-refractivity contribution is 0.425. The molecule has 2 rings (SSSR count). The van der Waals surface area contributed by atoms with Crippen molar-refractivity contribution in [2.45, 2.75) is 13.3 Å². The minimum Gasteiger partial charge on any atom is -0.369 e. The maximum Gasteiger partial charge on any atom is 0.135 e. The number of likely N-dealkylation sites (N-methyl/N-ethyl adjacent to an activating group) is 1. The number of aryl methyl sites for hydroxylation is 1. The van der Waals surface area contributed by atoms with Crippen molar-refractivity contribution in [3.63, 3.8) is 0 Å². The van der Waals surface area contributed by atoms with Gasteiger partial charge in [-0.2, -0.15) is 0 Å². The average molecular weight is 285 g/mol. The molecule has 1 aromatic heterocycles. The second-order valence-corrected chi connectivity index (χ2v) is 5.15. The minimum absolute atomic E-state index is 0.804. The van der Waals surface area contributed by atoms with Gasteiger partial charge in [0.05, 0.1) is 0 Å². The highest BCUT2D eigenvalue weighted by Gasteiger charge is 2.03. The highest BCUT2D eigenvalue weighted by molar-refractivity contribution is 5.62. The Kier molecular flexibility index (Phi) is 5.51. The van der Waals surface area contributed by atoms with Crippen molar-refractivity contribution in [3.8, 4) is 0 Å². The Morgan fingerprint density at radius 3 is 2.62 bits per heavy atom. The molecule has 2 aromatic rings. The van der Waals surface area contributed by atoms with Crippen molar-refractivity contribution < 1.29 is 0 Å². The Hall–Kier alpha value is -2.14. The number of rotatable bonds is 7. The molecule has 0 aliphatic carbocycles. The zero-order valence-corrected chi connectivity index (χ0v) is 12.9. The number of benzene rings is 1. The molecular formula is C16H23N5. The summed E-state index contributed by atoms with van der Waals surface area (Å²) in [5, 5.41) is 6.66. The molecule has 1 heterocycles. The summed E-state index contributed by atoms with van der Waals surface area (Å²) in [6.45, 7) is 3.97. The minimum atomic E-state index is 0.804. The van der Waals surface area contributed by atoms with Crippen LogP contribution >= 0.6 is 0 Å². The van der Waals surface area contributed by atoms with E-state index in [0.717, 1.165) is 36.8 Å². The van der Waals surface area contributed by atoms with Crippen LogP contribution in [0.5, 0.6) is 0 Å². The molecule has 5 heteroatoms. The number of nitrogens with zero attached hydrogens (tertiary/aromatic N) is 3. The summed E-state index contributed by atoms with van der Waals surface area (Å²) in [7, 11) is 4.10. The zero-order valence-electron chi connectivity index (χ0n) is 12.9. The van der Waals surface area contributed by atoms with E-state index >= 15 is 0 Å². The third-order valence-electron chi connectivity index (χ3n) is 3.19. The van der Waals surface area contributed by atoms with Gasteiger partial charge in [0.25, 0.3) is 0 Å². The number of nitrogens with one attached hydrogen (secondary N) is 2. The lowest BCUT2D eigenvalue weighted by Crippen LogP contribution is -2.21. The molecule has 0 radical (unpaired) electrons. The van der Waals surface area contributed by atoms with Crippen LogP contribution in [0.25, 0.3) is 0 Å². The Labute approximate surface area is 126 Å². The number of aromatic nitrogens is 2. The Balaban J connectivity index is 2.03. The van der Waals surface area contributed by atoms with E-state index in [4.69, 9.17) is 0 Å². The average Bonchev–Trinajstić information content (AvgIpc) is 2.48. The van der Waals surface area contributed by atoms with Gasteiger partial charge in [0.2, 0.25) is 0 Å². The fourth-order valence-corrected chi connectivity index (χ4v) is 2.02. The molecule has 0 saturated heterocycles. The molecule has 0 fully saturated rings. The molecule has 0 spiro atoms. The maximum absolute atomic E-state index is 4.28. The van der Waals surface area contributed by atoms with Crippen molar-refractivity contribution in [1.82, 2.24) is 14.9 Å². The molecular weight excluding hydrogens is 262 g/mol. The number of para-hydroxylation sites is 1. The van der Waals surface area contributed by atoms with E-state index in [9.17, 15) is 0 Å². The molecule has 0 bridgehead atoms. The van der Waals surface area contributed by atoms with Crippen LogP contribution in [0.4, 0.5) is 17.3 Å². The maximum atomic E-state index is 4.28. The zero-order chi connectivity index (χ0) is 15.1. The summed E-state index contributed by atoms with van der Waals surface area (Å²) in [6, 6.07) is 10.2. The van der Waals surface area contributed by atoms with Crippen LogP contribution in [-0.4, -0.2) is 42.1 Å². The van der Waals surface area contributed by atoms with Gasteiger partial charge >= 0.3 is 0 Å². The van der Waals surface area contributed by atoms with E-state index in [1.54, 1.807) is 6.33 Å². The van der Waals surface area contributed by atoms with Crippen LogP contribution in [0, 0.1) is 0 Å². The van der Waals surface area contributed by atoms with Crippen molar-refractivity contribution in [1.29, 1.82) is 0 Å². The van der Waals surface area contributed by atoms with Gasteiger partial charge in [-0.25, -0.2) is 9.97 Å². The van der Waals surface area contributed by atoms with Crippen LogP contribution in [0.1, 0.15) is 12.5 Å². The van der Waals surface area contributed by atoms with Crippen LogP contribution in [0.15, 0.2) is 36.7 Å². The van der Waals surface area contributed by atoms with Gasteiger partial charge in [-0.05, 0) is 32.1 Å². The topological polar surface area (TPSA) is 53.1 Å². The van der Waals surface area contributed by atoms with Gasteiger partial charge < -0.3 is 15.5 Å². The normalized spacial score (nSPS) is 10.7. The van der Waals surface area contributed by atoms with E-state index < -0.39 is 0 Å². The summed E-state index contributed by atoms with van der Waals surface area (Å²) in [5.74, 6) is 1.64. The predicted molar refractivity (Wildman–Crippen MR) is 88.2 cm³/mol. The molecule has 2 N–H and O–H groups in total. The molecule has 5 nitrogen and oxygen atoms in total. The molecule has 0 atom stereocenters. The van der Waals surface area contributed by atoms with Crippen LogP contribution in [-0.2, 0) is 6.42 Å². The summed E-state index contributed by atoms with van der Waals surface area (Å²) in [6.07, 6.45) is 2.57. The Morgan fingerprint density at radius 1 is 1.10 bits per heavy atom. The largest absolute Gasteiger partial charge is 0.369 e. The molecule has 0 saturated carbocycles. The van der Waals surface area contributed by atoms with Crippen LogP contribution in [0.2, 0.25) is 0 Å². The van der Waals surface area contributed by atoms with Crippen LogP contribution < -0.4 is 10.6 Å². The Bertz CT molecular complexity index is 568. The van der Waals surface area contributed by atoms with Gasteiger partial charge in [-0.15, -0.1) is 0 Å². The van der Waals surface area contributed by atoms with Gasteiger partial charge in [0.1, 0.15) is 18.0 Å². The molecule has 21 heavy (non-hydrogen) atoms. The van der Waals surface area contributed by atoms with Crippen molar-refractivity contribution in [2.75, 3.05) is 37.8 Å². The first-order valence-corrected chi connectivity index (χ1v) is 7.24. The van der Waals surface area contributed by atoms with E-state index in [-0.39, 0.29) is 0 Å². The third-order valence-corrected chi connectivity index (χ3v) is 3.19. The van der Waals surface area contributed by atoms with Crippen LogP contribution in [0.3, 0.4) is 0 Å². The highest BCUT2D eigenvalue weighted by Crippen LogP contribution is 2.20. The fraction of sp³-hybridized carbons (Fsp3) is 0.375. The second kappa shape index (κ2) is 7.59. The van der Waals surface area contributed by atoms with Gasteiger partial charge in [0.15, 0.2) is 0 Å².